The smallest absolute Gasteiger partial charge is 0.347 e. The molecule has 130 valence electrons. The van der Waals surface area contributed by atoms with E-state index in [0.29, 0.717) is 10.3 Å². The molecule has 3 heterocycles. The lowest BCUT2D eigenvalue weighted by Crippen LogP contribution is -2.23. The topological polar surface area (TPSA) is 101 Å². The molecule has 0 aliphatic carbocycles. The van der Waals surface area contributed by atoms with Crippen molar-refractivity contribution in [2.24, 2.45) is 0 Å². The molecular formula is C17H11FN4O3S. The number of H-pyrrole nitrogens is 1. The van der Waals surface area contributed by atoms with Crippen molar-refractivity contribution in [2.75, 3.05) is 0 Å². The molecule has 0 saturated carbocycles. The Hall–Kier alpha value is -3.33. The summed E-state index contributed by atoms with van der Waals surface area (Å²) in [6, 6.07) is 8.00. The van der Waals surface area contributed by atoms with Gasteiger partial charge in [0.05, 0.1) is 4.70 Å². The van der Waals surface area contributed by atoms with E-state index < -0.39 is 5.76 Å². The number of hydrogen-bond acceptors (Lipinski definition) is 6. The van der Waals surface area contributed by atoms with E-state index in [1.54, 1.807) is 12.1 Å². The van der Waals surface area contributed by atoms with Gasteiger partial charge in [-0.2, -0.15) is 0 Å². The Morgan fingerprint density at radius 2 is 2.19 bits per heavy atom. The van der Waals surface area contributed by atoms with Gasteiger partial charge in [-0.05, 0) is 29.1 Å². The average molecular weight is 370 g/mol. The number of carbonyl (C=O) groups excluding carboxylic acids is 1. The van der Waals surface area contributed by atoms with Crippen LogP contribution in [0.5, 0.6) is 0 Å². The van der Waals surface area contributed by atoms with Gasteiger partial charge in [0.25, 0.3) is 5.91 Å². The van der Waals surface area contributed by atoms with Crippen LogP contribution < -0.4 is 11.1 Å². The van der Waals surface area contributed by atoms with E-state index in [1.165, 1.54) is 29.7 Å². The van der Waals surface area contributed by atoms with E-state index in [2.05, 4.69) is 25.0 Å². The molecule has 0 bridgehead atoms. The molecule has 26 heavy (non-hydrogen) atoms. The first-order valence-electron chi connectivity index (χ1n) is 7.57. The summed E-state index contributed by atoms with van der Waals surface area (Å²) < 4.78 is 18.7. The Balaban J connectivity index is 1.48. The molecule has 9 heteroatoms. The lowest BCUT2D eigenvalue weighted by Gasteiger charge is -2.05. The van der Waals surface area contributed by atoms with E-state index in [0.717, 1.165) is 10.9 Å². The average Bonchev–Trinajstić information content (AvgIpc) is 3.27. The molecule has 0 aliphatic heterocycles. The zero-order chi connectivity index (χ0) is 18.1. The third-order valence-electron chi connectivity index (χ3n) is 3.78. The van der Waals surface area contributed by atoms with Crippen LogP contribution in [0.1, 0.15) is 16.1 Å². The highest BCUT2D eigenvalue weighted by Crippen LogP contribution is 2.28. The highest BCUT2D eigenvalue weighted by molar-refractivity contribution is 7.17. The summed E-state index contributed by atoms with van der Waals surface area (Å²) in [5, 5.41) is 8.93. The van der Waals surface area contributed by atoms with Crippen molar-refractivity contribution < 1.29 is 13.7 Å². The Labute approximate surface area is 149 Å². The summed E-state index contributed by atoms with van der Waals surface area (Å²) in [7, 11) is 0. The number of halogens is 1. The van der Waals surface area contributed by atoms with Gasteiger partial charge in [0.2, 0.25) is 0 Å². The maximum atomic E-state index is 13.7. The number of pyridine rings is 1. The third-order valence-corrected chi connectivity index (χ3v) is 4.83. The highest BCUT2D eigenvalue weighted by atomic mass is 32.1. The minimum absolute atomic E-state index is 0.213. The number of fused-ring (bicyclic) bond motifs is 1. The van der Waals surface area contributed by atoms with Crippen molar-refractivity contribution in [3.8, 4) is 11.4 Å². The van der Waals surface area contributed by atoms with Crippen LogP contribution in [0, 0.1) is 5.82 Å². The maximum Gasteiger partial charge on any atom is 0.439 e. The van der Waals surface area contributed by atoms with Crippen molar-refractivity contribution in [1.82, 2.24) is 20.4 Å². The number of carbonyl (C=O) groups is 1. The van der Waals surface area contributed by atoms with Crippen LogP contribution in [-0.4, -0.2) is 21.0 Å². The lowest BCUT2D eigenvalue weighted by molar-refractivity contribution is 0.0946. The summed E-state index contributed by atoms with van der Waals surface area (Å²) in [4.78, 5) is 29.7. The number of aromatic nitrogens is 3. The molecule has 4 aromatic rings. The van der Waals surface area contributed by atoms with Crippen molar-refractivity contribution in [2.45, 2.75) is 6.54 Å². The number of nitrogens with one attached hydrogen (secondary N) is 2. The summed E-state index contributed by atoms with van der Waals surface area (Å²) in [5.41, 5.74) is 1.58. The largest absolute Gasteiger partial charge is 0.439 e. The summed E-state index contributed by atoms with van der Waals surface area (Å²) in [6.07, 6.45) is 1.41. The predicted octanol–water partition coefficient (Wildman–Crippen LogP) is 2.71. The molecule has 0 fully saturated rings. The second-order valence-electron chi connectivity index (χ2n) is 5.44. The van der Waals surface area contributed by atoms with Gasteiger partial charge in [-0.25, -0.2) is 9.18 Å². The normalized spacial score (nSPS) is 11.0. The van der Waals surface area contributed by atoms with Gasteiger partial charge in [0.15, 0.2) is 5.82 Å². The molecule has 0 saturated heterocycles. The van der Waals surface area contributed by atoms with Crippen molar-refractivity contribution in [3.63, 3.8) is 0 Å². The number of thiophene rings is 1. The van der Waals surface area contributed by atoms with E-state index >= 15 is 0 Å². The van der Waals surface area contributed by atoms with Gasteiger partial charge in [-0.1, -0.05) is 17.3 Å². The zero-order valence-electron chi connectivity index (χ0n) is 13.2. The summed E-state index contributed by atoms with van der Waals surface area (Å²) in [6.45, 7) is 0.266. The molecule has 4 rings (SSSR count). The van der Waals surface area contributed by atoms with Crippen LogP contribution >= 0.6 is 11.3 Å². The Morgan fingerprint density at radius 3 is 2.92 bits per heavy atom. The molecular weight excluding hydrogens is 359 g/mol. The highest BCUT2D eigenvalue weighted by Gasteiger charge is 2.12. The van der Waals surface area contributed by atoms with Gasteiger partial charge < -0.3 is 5.32 Å². The number of hydrogen-bond donors (Lipinski definition) is 2. The number of amides is 1. The second-order valence-corrected chi connectivity index (χ2v) is 6.32. The van der Waals surface area contributed by atoms with E-state index in [4.69, 9.17) is 0 Å². The first-order valence-corrected chi connectivity index (χ1v) is 8.45. The number of aromatic amines is 1. The van der Waals surface area contributed by atoms with Crippen LogP contribution in [0.15, 0.2) is 51.2 Å². The molecule has 1 aromatic carbocycles. The molecule has 0 atom stereocenters. The van der Waals surface area contributed by atoms with Gasteiger partial charge in [0, 0.05) is 23.7 Å². The fourth-order valence-electron chi connectivity index (χ4n) is 2.50. The van der Waals surface area contributed by atoms with E-state index in [9.17, 15) is 14.0 Å². The van der Waals surface area contributed by atoms with Crippen LogP contribution in [0.25, 0.3) is 21.5 Å². The Kier molecular flexibility index (Phi) is 4.05. The van der Waals surface area contributed by atoms with Gasteiger partial charge in [-0.3, -0.25) is 19.3 Å². The predicted molar refractivity (Wildman–Crippen MR) is 93.3 cm³/mol. The number of benzene rings is 1. The molecule has 0 radical (unpaired) electrons. The molecule has 0 spiro atoms. The van der Waals surface area contributed by atoms with E-state index in [-0.39, 0.29) is 29.8 Å². The number of nitrogens with zero attached hydrogens (tertiary/aromatic N) is 2. The standard InChI is InChI=1S/C17H11FN4O3S/c18-12-3-1-2-11-10(8-26-14(11)12)7-20-16(23)13-5-4-9(6-19-13)15-21-17(24)25-22-15/h1-6,8H,7H2,(H,20,23)(H,21,22,24). The molecule has 2 N–H and O–H groups in total. The van der Waals surface area contributed by atoms with Crippen LogP contribution in [-0.2, 0) is 6.54 Å². The van der Waals surface area contributed by atoms with Crippen LogP contribution in [0.4, 0.5) is 4.39 Å². The monoisotopic (exact) mass is 370 g/mol. The fraction of sp³-hybridized carbons (Fsp3) is 0.0588. The fourth-order valence-corrected chi connectivity index (χ4v) is 3.48. The van der Waals surface area contributed by atoms with Crippen LogP contribution in [0.2, 0.25) is 0 Å². The van der Waals surface area contributed by atoms with Crippen molar-refractivity contribution in [1.29, 1.82) is 0 Å². The van der Waals surface area contributed by atoms with Gasteiger partial charge in [0.1, 0.15) is 11.5 Å². The first kappa shape index (κ1) is 16.2. The molecule has 0 unspecified atom stereocenters. The van der Waals surface area contributed by atoms with Crippen LogP contribution in [0.3, 0.4) is 0 Å². The molecule has 3 aromatic heterocycles. The summed E-state index contributed by atoms with van der Waals surface area (Å²) >= 11 is 1.30. The second kappa shape index (κ2) is 6.52. The molecule has 7 nitrogen and oxygen atoms in total. The van der Waals surface area contributed by atoms with Gasteiger partial charge >= 0.3 is 5.76 Å². The Bertz CT molecular complexity index is 1150. The van der Waals surface area contributed by atoms with Crippen molar-refractivity contribution in [3.05, 3.63) is 69.5 Å². The van der Waals surface area contributed by atoms with Gasteiger partial charge in [-0.15, -0.1) is 11.3 Å². The zero-order valence-corrected chi connectivity index (χ0v) is 14.0. The minimum Gasteiger partial charge on any atom is -0.347 e. The molecule has 1 amide bonds. The lowest BCUT2D eigenvalue weighted by atomic mass is 10.1. The maximum absolute atomic E-state index is 13.7. The summed E-state index contributed by atoms with van der Waals surface area (Å²) in [5.74, 6) is -1.06. The third kappa shape index (κ3) is 3.00. The quantitative estimate of drug-likeness (QED) is 0.575. The SMILES string of the molecule is O=C(NCc1csc2c(F)cccc12)c1ccc(-c2noc(=O)[nH]2)cn1. The first-order chi connectivity index (χ1) is 12.6. The Morgan fingerprint density at radius 1 is 1.31 bits per heavy atom. The van der Waals surface area contributed by atoms with E-state index in [1.807, 2.05) is 11.4 Å². The van der Waals surface area contributed by atoms with Crippen molar-refractivity contribution >= 4 is 27.3 Å². The molecule has 0 aliphatic rings. The number of rotatable bonds is 4. The minimum atomic E-state index is -0.666.